The van der Waals surface area contributed by atoms with Crippen LogP contribution in [0.4, 0.5) is 5.69 Å². The second-order valence-electron chi connectivity index (χ2n) is 4.25. The monoisotopic (exact) mass is 447 g/mol. The Morgan fingerprint density at radius 2 is 1.73 bits per heavy atom. The van der Waals surface area contributed by atoms with Crippen LogP contribution in [0.1, 0.15) is 10.4 Å². The van der Waals surface area contributed by atoms with Gasteiger partial charge in [-0.15, -0.1) is 0 Å². The highest BCUT2D eigenvalue weighted by atomic mass is 79.9. The molecule has 0 radical (unpaired) electrons. The first-order chi connectivity index (χ1) is 10.3. The summed E-state index contributed by atoms with van der Waals surface area (Å²) in [6.45, 7) is 0. The molecule has 1 N–H and O–H groups in total. The second-order valence-corrected chi connectivity index (χ2v) is 7.67. The van der Waals surface area contributed by atoms with Gasteiger partial charge in [-0.1, -0.05) is 15.9 Å². The van der Waals surface area contributed by atoms with Crippen molar-refractivity contribution < 1.29 is 17.9 Å². The van der Waals surface area contributed by atoms with Gasteiger partial charge in [0.05, 0.1) is 12.7 Å². The Kier molecular flexibility index (Phi) is 5.25. The van der Waals surface area contributed by atoms with Gasteiger partial charge in [0.15, 0.2) is 0 Å². The average Bonchev–Trinajstić information content (AvgIpc) is 2.49. The minimum Gasteiger partial charge on any atom is -0.465 e. The van der Waals surface area contributed by atoms with E-state index in [2.05, 4.69) is 41.3 Å². The summed E-state index contributed by atoms with van der Waals surface area (Å²) in [4.78, 5) is 11.5. The van der Waals surface area contributed by atoms with Crippen molar-refractivity contribution in [3.05, 3.63) is 57.0 Å². The molecule has 0 heterocycles. The number of ether oxygens (including phenoxy) is 1. The van der Waals surface area contributed by atoms with Crippen molar-refractivity contribution in [1.29, 1.82) is 0 Å². The SMILES string of the molecule is COC(=O)c1ccc(NS(=O)(=O)c2cc(Br)ccc2Br)cc1. The molecule has 2 aromatic rings. The lowest BCUT2D eigenvalue weighted by Crippen LogP contribution is -2.13. The molecule has 116 valence electrons. The molecule has 0 aliphatic rings. The Balaban J connectivity index is 2.29. The quantitative estimate of drug-likeness (QED) is 0.722. The summed E-state index contributed by atoms with van der Waals surface area (Å²) < 4.78 is 32.9. The zero-order chi connectivity index (χ0) is 16.3. The van der Waals surface area contributed by atoms with E-state index in [0.717, 1.165) is 0 Å². The molecule has 22 heavy (non-hydrogen) atoms. The molecule has 0 spiro atoms. The van der Waals surface area contributed by atoms with Crippen LogP contribution in [0.15, 0.2) is 56.3 Å². The van der Waals surface area contributed by atoms with E-state index < -0.39 is 16.0 Å². The second kappa shape index (κ2) is 6.80. The zero-order valence-electron chi connectivity index (χ0n) is 11.3. The Bertz CT molecular complexity index is 804. The number of halogens is 2. The molecule has 0 aromatic heterocycles. The Morgan fingerprint density at radius 1 is 1.09 bits per heavy atom. The van der Waals surface area contributed by atoms with Crippen LogP contribution in [0.2, 0.25) is 0 Å². The minimum absolute atomic E-state index is 0.110. The molecule has 0 unspecified atom stereocenters. The summed E-state index contributed by atoms with van der Waals surface area (Å²) >= 11 is 6.46. The molecule has 0 saturated heterocycles. The lowest BCUT2D eigenvalue weighted by molar-refractivity contribution is 0.0601. The highest BCUT2D eigenvalue weighted by Crippen LogP contribution is 2.27. The van der Waals surface area contributed by atoms with Crippen LogP contribution in [-0.4, -0.2) is 21.5 Å². The predicted molar refractivity (Wildman–Crippen MR) is 90.4 cm³/mol. The molecule has 0 atom stereocenters. The molecule has 2 rings (SSSR count). The molecule has 0 bridgehead atoms. The molecule has 0 saturated carbocycles. The number of carbonyl (C=O) groups excluding carboxylic acids is 1. The maximum Gasteiger partial charge on any atom is 0.337 e. The summed E-state index contributed by atoms with van der Waals surface area (Å²) in [6, 6.07) is 10.8. The number of nitrogens with one attached hydrogen (secondary N) is 1. The van der Waals surface area contributed by atoms with Gasteiger partial charge in [-0.25, -0.2) is 13.2 Å². The van der Waals surface area contributed by atoms with Crippen molar-refractivity contribution in [2.24, 2.45) is 0 Å². The average molecular weight is 449 g/mol. The largest absolute Gasteiger partial charge is 0.465 e. The van der Waals surface area contributed by atoms with Crippen molar-refractivity contribution in [2.45, 2.75) is 4.90 Å². The van der Waals surface area contributed by atoms with Gasteiger partial charge in [0.25, 0.3) is 10.0 Å². The molecule has 5 nitrogen and oxygen atoms in total. The topological polar surface area (TPSA) is 72.5 Å². The predicted octanol–water partition coefficient (Wildman–Crippen LogP) is 3.80. The van der Waals surface area contributed by atoms with E-state index in [1.165, 1.54) is 37.4 Å². The van der Waals surface area contributed by atoms with E-state index in [9.17, 15) is 13.2 Å². The van der Waals surface area contributed by atoms with Gasteiger partial charge in [-0.3, -0.25) is 4.72 Å². The summed E-state index contributed by atoms with van der Waals surface area (Å²) in [5.74, 6) is -0.482. The van der Waals surface area contributed by atoms with E-state index in [0.29, 0.717) is 20.2 Å². The van der Waals surface area contributed by atoms with Gasteiger partial charge in [0.1, 0.15) is 4.90 Å². The first-order valence-electron chi connectivity index (χ1n) is 6.00. The smallest absolute Gasteiger partial charge is 0.337 e. The van der Waals surface area contributed by atoms with Gasteiger partial charge >= 0.3 is 5.97 Å². The number of hydrogen-bond donors (Lipinski definition) is 1. The van der Waals surface area contributed by atoms with Crippen LogP contribution in [0.3, 0.4) is 0 Å². The molecular formula is C14H11Br2NO4S. The van der Waals surface area contributed by atoms with Gasteiger partial charge in [-0.2, -0.15) is 0 Å². The maximum atomic E-state index is 12.4. The van der Waals surface area contributed by atoms with Gasteiger partial charge in [-0.05, 0) is 58.4 Å². The van der Waals surface area contributed by atoms with Crippen LogP contribution in [0, 0.1) is 0 Å². The Morgan fingerprint density at radius 3 is 2.32 bits per heavy atom. The van der Waals surface area contributed by atoms with Crippen LogP contribution in [0.5, 0.6) is 0 Å². The van der Waals surface area contributed by atoms with Crippen LogP contribution in [-0.2, 0) is 14.8 Å². The van der Waals surface area contributed by atoms with E-state index in [4.69, 9.17) is 0 Å². The highest BCUT2D eigenvalue weighted by molar-refractivity contribution is 9.11. The third-order valence-electron chi connectivity index (χ3n) is 2.74. The lowest BCUT2D eigenvalue weighted by atomic mass is 10.2. The van der Waals surface area contributed by atoms with Gasteiger partial charge < -0.3 is 4.74 Å². The highest BCUT2D eigenvalue weighted by Gasteiger charge is 2.18. The van der Waals surface area contributed by atoms with E-state index in [1.54, 1.807) is 12.1 Å². The fraction of sp³-hybridized carbons (Fsp3) is 0.0714. The third-order valence-corrected chi connectivity index (χ3v) is 5.61. The fourth-order valence-corrected chi connectivity index (χ4v) is 4.25. The number of methoxy groups -OCH3 is 1. The normalized spacial score (nSPS) is 11.0. The summed E-state index contributed by atoms with van der Waals surface area (Å²) in [6.07, 6.45) is 0. The van der Waals surface area contributed by atoms with Crippen molar-refractivity contribution in [3.63, 3.8) is 0 Å². The number of rotatable bonds is 4. The first kappa shape index (κ1) is 17.0. The molecule has 2 aromatic carbocycles. The van der Waals surface area contributed by atoms with Crippen LogP contribution in [0.25, 0.3) is 0 Å². The van der Waals surface area contributed by atoms with Crippen molar-refractivity contribution >= 4 is 53.5 Å². The van der Waals surface area contributed by atoms with Crippen LogP contribution >= 0.6 is 31.9 Å². The van der Waals surface area contributed by atoms with Crippen molar-refractivity contribution in [2.75, 3.05) is 11.8 Å². The van der Waals surface area contributed by atoms with Crippen molar-refractivity contribution in [1.82, 2.24) is 0 Å². The number of benzene rings is 2. The summed E-state index contributed by atoms with van der Waals surface area (Å²) in [7, 11) is -2.47. The van der Waals surface area contributed by atoms with Gasteiger partial charge in [0, 0.05) is 14.6 Å². The number of sulfonamides is 1. The molecule has 0 fully saturated rings. The standard InChI is InChI=1S/C14H11Br2NO4S/c1-21-14(18)9-2-5-11(6-3-9)17-22(19,20)13-8-10(15)4-7-12(13)16/h2-8,17H,1H3. The van der Waals surface area contributed by atoms with E-state index in [1.807, 2.05) is 0 Å². The van der Waals surface area contributed by atoms with E-state index >= 15 is 0 Å². The summed E-state index contributed by atoms with van der Waals surface area (Å²) in [5.41, 5.74) is 0.689. The minimum atomic E-state index is -3.75. The lowest BCUT2D eigenvalue weighted by Gasteiger charge is -2.10. The zero-order valence-corrected chi connectivity index (χ0v) is 15.3. The Hall–Kier alpha value is -1.38. The Labute approximate surface area is 145 Å². The van der Waals surface area contributed by atoms with Gasteiger partial charge in [0.2, 0.25) is 0 Å². The molecule has 8 heteroatoms. The number of anilines is 1. The number of hydrogen-bond acceptors (Lipinski definition) is 4. The number of esters is 1. The molecule has 0 aliphatic heterocycles. The van der Waals surface area contributed by atoms with Crippen LogP contribution < -0.4 is 4.72 Å². The summed E-state index contributed by atoms with van der Waals surface area (Å²) in [5, 5.41) is 0. The number of carbonyl (C=O) groups is 1. The maximum absolute atomic E-state index is 12.4. The van der Waals surface area contributed by atoms with E-state index in [-0.39, 0.29) is 4.90 Å². The third kappa shape index (κ3) is 3.88. The molecular weight excluding hydrogens is 438 g/mol. The fourth-order valence-electron chi connectivity index (χ4n) is 1.69. The van der Waals surface area contributed by atoms with Crippen molar-refractivity contribution in [3.8, 4) is 0 Å². The molecule has 0 aliphatic carbocycles. The first-order valence-corrected chi connectivity index (χ1v) is 9.06. The molecule has 0 amide bonds.